The second-order valence-electron chi connectivity index (χ2n) is 4.79. The molecule has 0 amide bonds. The SMILES string of the molecule is CCNC(=NCCCn1cccn1)NCCCS(C)(=O)=O. The molecule has 0 saturated heterocycles. The lowest BCUT2D eigenvalue weighted by Gasteiger charge is -2.11. The van der Waals surface area contributed by atoms with Gasteiger partial charge in [0.25, 0.3) is 0 Å². The van der Waals surface area contributed by atoms with Crippen molar-refractivity contribution in [3.05, 3.63) is 18.5 Å². The number of hydrogen-bond donors (Lipinski definition) is 2. The highest BCUT2D eigenvalue weighted by Crippen LogP contribution is 1.91. The van der Waals surface area contributed by atoms with Crippen LogP contribution >= 0.6 is 0 Å². The molecule has 0 unspecified atom stereocenters. The van der Waals surface area contributed by atoms with E-state index in [9.17, 15) is 8.42 Å². The van der Waals surface area contributed by atoms with Crippen molar-refractivity contribution in [1.82, 2.24) is 20.4 Å². The van der Waals surface area contributed by atoms with Gasteiger partial charge in [0.15, 0.2) is 5.96 Å². The summed E-state index contributed by atoms with van der Waals surface area (Å²) in [7, 11) is -2.89. The standard InChI is InChI=1S/C13H25N5O2S/c1-3-14-13(16-8-6-12-21(2,19)20)15-7-4-10-18-11-5-9-17-18/h5,9,11H,3-4,6-8,10,12H2,1-2H3,(H2,14,15,16). The highest BCUT2D eigenvalue weighted by atomic mass is 32.2. The first-order valence-electron chi connectivity index (χ1n) is 7.18. The van der Waals surface area contributed by atoms with Crippen LogP contribution in [0.25, 0.3) is 0 Å². The molecule has 7 nitrogen and oxygen atoms in total. The van der Waals surface area contributed by atoms with Crippen LogP contribution in [0.15, 0.2) is 23.5 Å². The van der Waals surface area contributed by atoms with E-state index in [2.05, 4.69) is 20.7 Å². The van der Waals surface area contributed by atoms with Gasteiger partial charge in [-0.1, -0.05) is 0 Å². The molecular weight excluding hydrogens is 290 g/mol. The molecule has 1 aromatic heterocycles. The molecule has 2 N–H and O–H groups in total. The van der Waals surface area contributed by atoms with Gasteiger partial charge in [0.2, 0.25) is 0 Å². The number of rotatable bonds is 9. The molecule has 0 fully saturated rings. The van der Waals surface area contributed by atoms with Gasteiger partial charge >= 0.3 is 0 Å². The van der Waals surface area contributed by atoms with Gasteiger partial charge in [-0.25, -0.2) is 8.42 Å². The van der Waals surface area contributed by atoms with Gasteiger partial charge in [0.05, 0.1) is 5.75 Å². The minimum atomic E-state index is -2.89. The van der Waals surface area contributed by atoms with Crippen LogP contribution in [-0.4, -0.2) is 55.8 Å². The molecule has 0 atom stereocenters. The Labute approximate surface area is 126 Å². The number of aromatic nitrogens is 2. The molecular formula is C13H25N5O2S. The third-order valence-corrected chi connectivity index (χ3v) is 3.73. The fourth-order valence-corrected chi connectivity index (χ4v) is 2.41. The van der Waals surface area contributed by atoms with E-state index >= 15 is 0 Å². The second-order valence-corrected chi connectivity index (χ2v) is 7.05. The lowest BCUT2D eigenvalue weighted by molar-refractivity contribution is 0.583. The zero-order valence-electron chi connectivity index (χ0n) is 12.7. The largest absolute Gasteiger partial charge is 0.357 e. The first-order valence-corrected chi connectivity index (χ1v) is 9.24. The van der Waals surface area contributed by atoms with Crippen molar-refractivity contribution in [3.63, 3.8) is 0 Å². The predicted octanol–water partition coefficient (Wildman–Crippen LogP) is 0.263. The summed E-state index contributed by atoms with van der Waals surface area (Å²) < 4.78 is 24.0. The van der Waals surface area contributed by atoms with E-state index in [-0.39, 0.29) is 5.75 Å². The second kappa shape index (κ2) is 9.38. The van der Waals surface area contributed by atoms with Crippen molar-refractivity contribution in [2.75, 3.05) is 31.6 Å². The molecule has 0 aliphatic rings. The summed E-state index contributed by atoms with van der Waals surface area (Å²) in [5.74, 6) is 0.921. The number of hydrogen-bond acceptors (Lipinski definition) is 4. The van der Waals surface area contributed by atoms with E-state index in [1.807, 2.05) is 23.9 Å². The number of nitrogens with one attached hydrogen (secondary N) is 2. The Bertz CT molecular complexity index is 511. The van der Waals surface area contributed by atoms with Gasteiger partial charge in [0, 0.05) is 44.8 Å². The van der Waals surface area contributed by atoms with E-state index in [1.54, 1.807) is 6.20 Å². The Morgan fingerprint density at radius 2 is 2.14 bits per heavy atom. The molecule has 0 radical (unpaired) electrons. The lowest BCUT2D eigenvalue weighted by atomic mass is 10.4. The molecule has 0 aliphatic carbocycles. The molecule has 1 aromatic rings. The van der Waals surface area contributed by atoms with Gasteiger partial charge in [-0.05, 0) is 25.8 Å². The van der Waals surface area contributed by atoms with Crippen molar-refractivity contribution < 1.29 is 8.42 Å². The molecule has 1 heterocycles. The van der Waals surface area contributed by atoms with Crippen molar-refractivity contribution in [1.29, 1.82) is 0 Å². The number of aliphatic imine (C=N–C) groups is 1. The molecule has 0 aliphatic heterocycles. The Balaban J connectivity index is 2.25. The maximum absolute atomic E-state index is 11.0. The molecule has 0 aromatic carbocycles. The van der Waals surface area contributed by atoms with Crippen LogP contribution in [0.5, 0.6) is 0 Å². The zero-order valence-corrected chi connectivity index (χ0v) is 13.6. The Morgan fingerprint density at radius 1 is 1.33 bits per heavy atom. The van der Waals surface area contributed by atoms with Crippen molar-refractivity contribution >= 4 is 15.8 Å². The van der Waals surface area contributed by atoms with Gasteiger partial charge in [-0.3, -0.25) is 9.67 Å². The van der Waals surface area contributed by atoms with Crippen LogP contribution in [0.1, 0.15) is 19.8 Å². The summed E-state index contributed by atoms with van der Waals surface area (Å²) in [6.45, 7) is 4.90. The van der Waals surface area contributed by atoms with Gasteiger partial charge in [-0.15, -0.1) is 0 Å². The maximum Gasteiger partial charge on any atom is 0.191 e. The van der Waals surface area contributed by atoms with E-state index in [0.29, 0.717) is 19.5 Å². The number of nitrogens with zero attached hydrogens (tertiary/aromatic N) is 3. The summed E-state index contributed by atoms with van der Waals surface area (Å²) in [6, 6.07) is 1.90. The normalized spacial score (nSPS) is 12.4. The van der Waals surface area contributed by atoms with Crippen LogP contribution in [0.4, 0.5) is 0 Å². The number of guanidine groups is 1. The van der Waals surface area contributed by atoms with Gasteiger partial charge in [-0.2, -0.15) is 5.10 Å². The summed E-state index contributed by atoms with van der Waals surface area (Å²) in [5.41, 5.74) is 0. The maximum atomic E-state index is 11.0. The summed E-state index contributed by atoms with van der Waals surface area (Å²) in [4.78, 5) is 4.45. The van der Waals surface area contributed by atoms with Gasteiger partial charge < -0.3 is 10.6 Å². The van der Waals surface area contributed by atoms with E-state index in [4.69, 9.17) is 0 Å². The van der Waals surface area contributed by atoms with Crippen molar-refractivity contribution in [3.8, 4) is 0 Å². The average molecular weight is 315 g/mol. The average Bonchev–Trinajstić information content (AvgIpc) is 2.91. The molecule has 0 saturated carbocycles. The van der Waals surface area contributed by atoms with Crippen LogP contribution in [0.3, 0.4) is 0 Å². The molecule has 21 heavy (non-hydrogen) atoms. The first kappa shape index (κ1) is 17.5. The molecule has 0 spiro atoms. The minimum Gasteiger partial charge on any atom is -0.357 e. The molecule has 8 heteroatoms. The first-order chi connectivity index (χ1) is 10.0. The Hall–Kier alpha value is -1.57. The highest BCUT2D eigenvalue weighted by molar-refractivity contribution is 7.90. The predicted molar refractivity (Wildman–Crippen MR) is 85.2 cm³/mol. The summed E-state index contributed by atoms with van der Waals surface area (Å²) >= 11 is 0. The fourth-order valence-electron chi connectivity index (χ4n) is 1.74. The van der Waals surface area contributed by atoms with Crippen molar-refractivity contribution in [2.24, 2.45) is 4.99 Å². The topological polar surface area (TPSA) is 88.4 Å². The summed E-state index contributed by atoms with van der Waals surface area (Å²) in [6.07, 6.45) is 6.43. The fraction of sp³-hybridized carbons (Fsp3) is 0.692. The number of aryl methyl sites for hydroxylation is 1. The van der Waals surface area contributed by atoms with E-state index in [1.165, 1.54) is 6.26 Å². The van der Waals surface area contributed by atoms with Crippen LogP contribution < -0.4 is 10.6 Å². The number of sulfone groups is 1. The third-order valence-electron chi connectivity index (χ3n) is 2.70. The monoisotopic (exact) mass is 315 g/mol. The van der Waals surface area contributed by atoms with E-state index < -0.39 is 9.84 Å². The quantitative estimate of drug-likeness (QED) is 0.388. The Morgan fingerprint density at radius 3 is 2.76 bits per heavy atom. The van der Waals surface area contributed by atoms with Crippen LogP contribution in [0, 0.1) is 0 Å². The van der Waals surface area contributed by atoms with E-state index in [0.717, 1.165) is 25.5 Å². The third kappa shape index (κ3) is 9.06. The lowest BCUT2D eigenvalue weighted by Crippen LogP contribution is -2.38. The van der Waals surface area contributed by atoms with Gasteiger partial charge in [0.1, 0.15) is 9.84 Å². The molecule has 1 rings (SSSR count). The zero-order chi connectivity index (χ0) is 15.6. The van der Waals surface area contributed by atoms with Crippen molar-refractivity contribution in [2.45, 2.75) is 26.3 Å². The minimum absolute atomic E-state index is 0.193. The molecule has 0 bridgehead atoms. The van der Waals surface area contributed by atoms with Crippen LogP contribution in [-0.2, 0) is 16.4 Å². The Kier molecular flexibility index (Phi) is 7.81. The highest BCUT2D eigenvalue weighted by Gasteiger charge is 2.02. The smallest absolute Gasteiger partial charge is 0.191 e. The van der Waals surface area contributed by atoms with Crippen LogP contribution in [0.2, 0.25) is 0 Å². The molecule has 120 valence electrons. The summed E-state index contributed by atoms with van der Waals surface area (Å²) in [5, 5.41) is 10.4.